The summed E-state index contributed by atoms with van der Waals surface area (Å²) in [6.07, 6.45) is 12.3. The second-order valence-corrected chi connectivity index (χ2v) is 8.18. The molecule has 2 aliphatic heterocycles. The van der Waals surface area contributed by atoms with E-state index in [1.165, 1.54) is 51.4 Å². The fraction of sp³-hybridized carbons (Fsp3) is 0.583. The van der Waals surface area contributed by atoms with Crippen LogP contribution in [0.2, 0.25) is 0 Å². The molecule has 0 aromatic heterocycles. The molecule has 0 bridgehead atoms. The van der Waals surface area contributed by atoms with E-state index < -0.39 is 11.2 Å². The van der Waals surface area contributed by atoms with E-state index in [1.54, 1.807) is 20.3 Å². The van der Waals surface area contributed by atoms with Crippen LogP contribution in [-0.2, 0) is 6.54 Å². The number of aryl methyl sites for hydroxylation is 1. The van der Waals surface area contributed by atoms with Crippen LogP contribution in [0.1, 0.15) is 71.1 Å². The number of nitrogens with zero attached hydrogens (tertiary/aromatic N) is 3. The Bertz CT molecular complexity index is 1110. The summed E-state index contributed by atoms with van der Waals surface area (Å²) in [5.41, 5.74) is 0.294. The molecule has 0 fully saturated rings. The number of nitrogens with one attached hydrogen (secondary N) is 1. The first-order valence-corrected chi connectivity index (χ1v) is 11.7. The zero-order valence-corrected chi connectivity index (χ0v) is 19.4. The first-order chi connectivity index (χ1) is 15.6. The van der Waals surface area contributed by atoms with Gasteiger partial charge in [0.05, 0.1) is 25.3 Å². The van der Waals surface area contributed by atoms with E-state index in [0.717, 1.165) is 18.4 Å². The van der Waals surface area contributed by atoms with Gasteiger partial charge in [-0.2, -0.15) is 4.98 Å². The second kappa shape index (κ2) is 11.6. The van der Waals surface area contributed by atoms with Crippen molar-refractivity contribution in [3.05, 3.63) is 33.0 Å². The van der Waals surface area contributed by atoms with Crippen LogP contribution in [0.25, 0.3) is 22.6 Å². The number of hydrogen-bond donors (Lipinski definition) is 1. The predicted octanol–water partition coefficient (Wildman–Crippen LogP) is 4.52. The van der Waals surface area contributed by atoms with E-state index in [0.29, 0.717) is 29.4 Å². The van der Waals surface area contributed by atoms with E-state index in [-0.39, 0.29) is 5.69 Å². The van der Waals surface area contributed by atoms with Gasteiger partial charge in [0.2, 0.25) is 0 Å². The molecule has 32 heavy (non-hydrogen) atoms. The van der Waals surface area contributed by atoms with Crippen LogP contribution in [0.4, 0.5) is 0 Å². The van der Waals surface area contributed by atoms with Crippen LogP contribution < -0.4 is 20.7 Å². The van der Waals surface area contributed by atoms with Gasteiger partial charge in [0, 0.05) is 18.7 Å². The monoisotopic (exact) mass is 442 g/mol. The number of unbranched alkanes of at least 4 members (excludes halogenated alkanes) is 9. The SMILES string of the molecule is CCCCCCCCCCCCn1c2nc(=O)[nH]c(=O)c-2nc2cc(OC)c(OC)cc21. The Balaban J connectivity index is 1.78. The number of fused-ring (bicyclic) bond motifs is 2. The van der Waals surface area contributed by atoms with Gasteiger partial charge < -0.3 is 14.0 Å². The largest absolute Gasteiger partial charge is 0.493 e. The van der Waals surface area contributed by atoms with Gasteiger partial charge in [0.25, 0.3) is 5.56 Å². The summed E-state index contributed by atoms with van der Waals surface area (Å²) in [7, 11) is 3.13. The average molecular weight is 443 g/mol. The summed E-state index contributed by atoms with van der Waals surface area (Å²) in [5.74, 6) is 1.39. The van der Waals surface area contributed by atoms with Crippen molar-refractivity contribution in [2.75, 3.05) is 14.2 Å². The average Bonchev–Trinajstić information content (AvgIpc) is 2.79. The number of methoxy groups -OCH3 is 2. The summed E-state index contributed by atoms with van der Waals surface area (Å²) in [6, 6.07) is 3.57. The van der Waals surface area contributed by atoms with E-state index in [9.17, 15) is 9.59 Å². The Morgan fingerprint density at radius 1 is 0.844 bits per heavy atom. The third-order valence-electron chi connectivity index (χ3n) is 5.85. The van der Waals surface area contributed by atoms with Gasteiger partial charge in [0.1, 0.15) is 0 Å². The number of aromatic amines is 1. The molecule has 1 aromatic carbocycles. The van der Waals surface area contributed by atoms with Crippen molar-refractivity contribution in [3.63, 3.8) is 0 Å². The lowest BCUT2D eigenvalue weighted by Gasteiger charge is -2.18. The zero-order chi connectivity index (χ0) is 22.9. The van der Waals surface area contributed by atoms with Crippen molar-refractivity contribution >= 4 is 11.0 Å². The maximum absolute atomic E-state index is 12.4. The van der Waals surface area contributed by atoms with Crippen molar-refractivity contribution in [3.8, 4) is 23.0 Å². The third-order valence-corrected chi connectivity index (χ3v) is 5.85. The Morgan fingerprint density at radius 3 is 2.06 bits per heavy atom. The van der Waals surface area contributed by atoms with Gasteiger partial charge in [0.15, 0.2) is 23.0 Å². The highest BCUT2D eigenvalue weighted by Crippen LogP contribution is 2.33. The first kappa shape index (κ1) is 23.8. The van der Waals surface area contributed by atoms with E-state index in [1.807, 2.05) is 10.6 Å². The smallest absolute Gasteiger partial charge is 0.349 e. The van der Waals surface area contributed by atoms with Crippen LogP contribution in [0, 0.1) is 0 Å². The fourth-order valence-electron chi connectivity index (χ4n) is 4.11. The highest BCUT2D eigenvalue weighted by Gasteiger charge is 2.20. The quantitative estimate of drug-likeness (QED) is 0.309. The second-order valence-electron chi connectivity index (χ2n) is 8.18. The summed E-state index contributed by atoms with van der Waals surface area (Å²) >= 11 is 0. The number of H-pyrrole nitrogens is 1. The number of hydrogen-bond acceptors (Lipinski definition) is 6. The van der Waals surface area contributed by atoms with E-state index in [4.69, 9.17) is 9.47 Å². The van der Waals surface area contributed by atoms with Gasteiger partial charge in [-0.25, -0.2) is 9.78 Å². The minimum absolute atomic E-state index is 0.149. The molecule has 0 aliphatic carbocycles. The van der Waals surface area contributed by atoms with Crippen molar-refractivity contribution in [2.24, 2.45) is 0 Å². The topological polar surface area (TPSA) is 99.1 Å². The molecule has 0 unspecified atom stereocenters. The highest BCUT2D eigenvalue weighted by atomic mass is 16.5. The molecule has 0 atom stereocenters. The number of ether oxygens (including phenoxy) is 2. The van der Waals surface area contributed by atoms with Crippen molar-refractivity contribution in [1.29, 1.82) is 0 Å². The van der Waals surface area contributed by atoms with Crippen molar-refractivity contribution < 1.29 is 9.47 Å². The molecule has 0 radical (unpaired) electrons. The first-order valence-electron chi connectivity index (χ1n) is 11.7. The molecule has 8 nitrogen and oxygen atoms in total. The molecule has 174 valence electrons. The molecule has 8 heteroatoms. The minimum Gasteiger partial charge on any atom is -0.493 e. The van der Waals surface area contributed by atoms with Gasteiger partial charge in [-0.3, -0.25) is 9.78 Å². The standard InChI is InChI=1S/C24H34N4O4/c1-4-5-6-7-8-9-10-11-12-13-14-28-18-16-20(32-3)19(31-2)15-17(18)25-21-22(28)26-24(30)27-23(21)29/h15-16H,4-14H2,1-3H3,(H,27,29,30). The summed E-state index contributed by atoms with van der Waals surface area (Å²) in [4.78, 5) is 35.0. The lowest BCUT2D eigenvalue weighted by atomic mass is 10.1. The van der Waals surface area contributed by atoms with E-state index in [2.05, 4.69) is 21.9 Å². The molecule has 1 N–H and O–H groups in total. The van der Waals surface area contributed by atoms with Gasteiger partial charge in [-0.05, 0) is 6.42 Å². The Hall–Kier alpha value is -2.90. The maximum Gasteiger partial charge on any atom is 0.349 e. The van der Waals surface area contributed by atoms with Crippen LogP contribution in [-0.4, -0.2) is 33.7 Å². The number of rotatable bonds is 13. The molecule has 2 heterocycles. The summed E-state index contributed by atoms with van der Waals surface area (Å²) < 4.78 is 12.7. The van der Waals surface area contributed by atoms with Gasteiger partial charge in [-0.15, -0.1) is 0 Å². The lowest BCUT2D eigenvalue weighted by Crippen LogP contribution is -2.29. The zero-order valence-electron chi connectivity index (χ0n) is 19.4. The molecular formula is C24H34N4O4. The maximum atomic E-state index is 12.4. The molecule has 0 amide bonds. The molecule has 0 saturated heterocycles. The predicted molar refractivity (Wildman–Crippen MR) is 126 cm³/mol. The number of aromatic nitrogens is 4. The Labute approximate surface area is 188 Å². The fourth-order valence-corrected chi connectivity index (χ4v) is 4.11. The third kappa shape index (κ3) is 5.66. The van der Waals surface area contributed by atoms with E-state index >= 15 is 0 Å². The summed E-state index contributed by atoms with van der Waals surface area (Å²) in [6.45, 7) is 2.88. The minimum atomic E-state index is -0.666. The Kier molecular flexibility index (Phi) is 8.64. The molecule has 1 aromatic rings. The van der Waals surface area contributed by atoms with Crippen LogP contribution in [0.15, 0.2) is 21.7 Å². The molecular weight excluding hydrogens is 408 g/mol. The molecule has 3 rings (SSSR count). The normalized spacial score (nSPS) is 11.3. The van der Waals surface area contributed by atoms with Gasteiger partial charge >= 0.3 is 5.69 Å². The summed E-state index contributed by atoms with van der Waals surface area (Å²) in [5, 5.41) is 0. The molecule has 2 aliphatic rings. The van der Waals surface area contributed by atoms with Crippen LogP contribution >= 0.6 is 0 Å². The lowest BCUT2D eigenvalue weighted by molar-refractivity contribution is 0.355. The Morgan fingerprint density at radius 2 is 1.44 bits per heavy atom. The van der Waals surface area contributed by atoms with Crippen molar-refractivity contribution in [1.82, 2.24) is 19.5 Å². The molecule has 0 saturated carbocycles. The number of benzene rings is 1. The van der Waals surface area contributed by atoms with Gasteiger partial charge in [-0.1, -0.05) is 64.7 Å². The highest BCUT2D eigenvalue weighted by molar-refractivity contribution is 5.83. The van der Waals surface area contributed by atoms with Crippen LogP contribution in [0.3, 0.4) is 0 Å². The molecule has 0 spiro atoms. The van der Waals surface area contributed by atoms with Crippen molar-refractivity contribution in [2.45, 2.75) is 77.7 Å². The van der Waals surface area contributed by atoms with Crippen LogP contribution in [0.5, 0.6) is 11.5 Å².